The summed E-state index contributed by atoms with van der Waals surface area (Å²) in [4.78, 5) is 35.7. The second-order valence-corrected chi connectivity index (χ2v) is 8.75. The van der Waals surface area contributed by atoms with Gasteiger partial charge in [0.05, 0.1) is 9.88 Å². The first-order valence-corrected chi connectivity index (χ1v) is 10.4. The van der Waals surface area contributed by atoms with E-state index in [1.165, 1.54) is 27.2 Å². The van der Waals surface area contributed by atoms with Crippen molar-refractivity contribution in [1.82, 2.24) is 14.5 Å². The van der Waals surface area contributed by atoms with Crippen molar-refractivity contribution in [3.8, 4) is 10.6 Å². The number of carbonyl (C=O) groups excluding carboxylic acids is 1. The Morgan fingerprint density at radius 3 is 2.57 bits per heavy atom. The van der Waals surface area contributed by atoms with Gasteiger partial charge in [0.25, 0.3) is 0 Å². The molecular weight excluding hydrogens is 392 g/mol. The first-order valence-electron chi connectivity index (χ1n) is 8.71. The number of hydrogen-bond acceptors (Lipinski definition) is 6. The Bertz CT molecular complexity index is 1220. The highest BCUT2D eigenvalue weighted by atomic mass is 32.1. The van der Waals surface area contributed by atoms with E-state index in [9.17, 15) is 9.59 Å². The summed E-state index contributed by atoms with van der Waals surface area (Å²) in [6, 6.07) is 9.67. The number of thiazole rings is 1. The normalized spacial score (nSPS) is 11.1. The molecule has 4 aromatic rings. The Labute approximate surface area is 169 Å². The van der Waals surface area contributed by atoms with Gasteiger partial charge in [-0.15, -0.1) is 22.7 Å². The fraction of sp³-hybridized carbons (Fsp3) is 0.200. The summed E-state index contributed by atoms with van der Waals surface area (Å²) in [5.74, 6) is -0.273. The van der Waals surface area contributed by atoms with E-state index < -0.39 is 5.69 Å². The average molecular weight is 411 g/mol. The predicted molar refractivity (Wildman–Crippen MR) is 114 cm³/mol. The van der Waals surface area contributed by atoms with Crippen LogP contribution in [0.3, 0.4) is 0 Å². The molecular formula is C20H18N4O2S2. The fourth-order valence-electron chi connectivity index (χ4n) is 3.16. The maximum absolute atomic E-state index is 12.7. The number of carbonyl (C=O) groups is 1. The summed E-state index contributed by atoms with van der Waals surface area (Å²) in [6.45, 7) is 5.73. The molecule has 0 aliphatic rings. The van der Waals surface area contributed by atoms with Crippen LogP contribution in [-0.4, -0.2) is 20.4 Å². The maximum atomic E-state index is 12.7. The lowest BCUT2D eigenvalue weighted by Gasteiger charge is -2.10. The topological polar surface area (TPSA) is 76.9 Å². The molecule has 0 bridgehead atoms. The molecule has 4 rings (SSSR count). The molecule has 0 saturated heterocycles. The van der Waals surface area contributed by atoms with E-state index in [2.05, 4.69) is 15.3 Å². The molecule has 0 spiro atoms. The number of nitrogens with one attached hydrogen (secondary N) is 1. The number of nitrogens with zero attached hydrogens (tertiary/aromatic N) is 3. The van der Waals surface area contributed by atoms with Gasteiger partial charge in [0, 0.05) is 5.69 Å². The number of anilines is 1. The smallest absolute Gasteiger partial charge is 0.325 e. The number of amides is 1. The largest absolute Gasteiger partial charge is 0.349 e. The van der Waals surface area contributed by atoms with Crippen LogP contribution in [0, 0.1) is 20.8 Å². The zero-order valence-corrected chi connectivity index (χ0v) is 17.3. The Kier molecular flexibility index (Phi) is 4.82. The van der Waals surface area contributed by atoms with E-state index in [1.807, 2.05) is 56.5 Å². The third-order valence-electron chi connectivity index (χ3n) is 4.19. The standard InChI is InChI=1S/C20H18N4O2S2/c1-11-7-12(2)9-14(8-11)22-16(25)10-24-19-18(21-13(3)28-19)17(23-20(24)26)15-5-4-6-27-15/h4-9H,10H2,1-3H3,(H,22,25). The number of thiophene rings is 1. The summed E-state index contributed by atoms with van der Waals surface area (Å²) in [5.41, 5.74) is 3.63. The van der Waals surface area contributed by atoms with Crippen LogP contribution in [-0.2, 0) is 11.3 Å². The first kappa shape index (κ1) is 18.5. The molecule has 0 aliphatic heterocycles. The zero-order valence-electron chi connectivity index (χ0n) is 15.6. The molecule has 8 heteroatoms. The SMILES string of the molecule is Cc1cc(C)cc(NC(=O)Cn2c(=O)nc(-c3cccs3)c3nc(C)sc32)c1. The van der Waals surface area contributed by atoms with E-state index in [-0.39, 0.29) is 12.5 Å². The summed E-state index contributed by atoms with van der Waals surface area (Å²) in [7, 11) is 0. The van der Waals surface area contributed by atoms with Gasteiger partial charge in [0.1, 0.15) is 22.6 Å². The summed E-state index contributed by atoms with van der Waals surface area (Å²) < 4.78 is 1.40. The van der Waals surface area contributed by atoms with Crippen LogP contribution in [0.15, 0.2) is 40.5 Å². The van der Waals surface area contributed by atoms with E-state index in [0.29, 0.717) is 16.0 Å². The van der Waals surface area contributed by atoms with Crippen molar-refractivity contribution < 1.29 is 4.79 Å². The van der Waals surface area contributed by atoms with Crippen LogP contribution < -0.4 is 11.0 Å². The van der Waals surface area contributed by atoms with Crippen LogP contribution in [0.25, 0.3) is 20.9 Å². The summed E-state index contributed by atoms with van der Waals surface area (Å²) in [6.07, 6.45) is 0. The van der Waals surface area contributed by atoms with E-state index in [1.54, 1.807) is 0 Å². The molecule has 1 N–H and O–H groups in total. The van der Waals surface area contributed by atoms with Crippen LogP contribution >= 0.6 is 22.7 Å². The van der Waals surface area contributed by atoms with Gasteiger partial charge in [-0.05, 0) is 55.5 Å². The number of fused-ring (bicyclic) bond motifs is 1. The Balaban J connectivity index is 1.71. The molecule has 3 aromatic heterocycles. The summed E-state index contributed by atoms with van der Waals surface area (Å²) >= 11 is 2.90. The number of hydrogen-bond donors (Lipinski definition) is 1. The van der Waals surface area contributed by atoms with Crippen molar-refractivity contribution in [3.63, 3.8) is 0 Å². The van der Waals surface area contributed by atoms with Gasteiger partial charge >= 0.3 is 5.69 Å². The average Bonchev–Trinajstić information content (AvgIpc) is 3.25. The Hall–Kier alpha value is -2.84. The molecule has 0 aliphatic carbocycles. The molecule has 0 saturated carbocycles. The molecule has 3 heterocycles. The lowest BCUT2D eigenvalue weighted by molar-refractivity contribution is -0.116. The van der Waals surface area contributed by atoms with E-state index in [0.717, 1.165) is 26.7 Å². The van der Waals surface area contributed by atoms with Gasteiger partial charge in [-0.25, -0.2) is 9.78 Å². The van der Waals surface area contributed by atoms with Crippen molar-refractivity contribution in [1.29, 1.82) is 0 Å². The van der Waals surface area contributed by atoms with Gasteiger partial charge in [0.2, 0.25) is 5.91 Å². The minimum absolute atomic E-state index is 0.109. The van der Waals surface area contributed by atoms with Crippen molar-refractivity contribution in [2.45, 2.75) is 27.3 Å². The van der Waals surface area contributed by atoms with Crippen molar-refractivity contribution in [2.24, 2.45) is 0 Å². The molecule has 1 aromatic carbocycles. The van der Waals surface area contributed by atoms with Gasteiger partial charge in [0.15, 0.2) is 0 Å². The molecule has 0 radical (unpaired) electrons. The van der Waals surface area contributed by atoms with Gasteiger partial charge < -0.3 is 5.32 Å². The van der Waals surface area contributed by atoms with Crippen molar-refractivity contribution in [3.05, 3.63) is 62.3 Å². The second-order valence-electron chi connectivity index (χ2n) is 6.62. The van der Waals surface area contributed by atoms with Gasteiger partial charge in [-0.2, -0.15) is 4.98 Å². The van der Waals surface area contributed by atoms with Crippen LogP contribution in [0.5, 0.6) is 0 Å². The Morgan fingerprint density at radius 1 is 1.14 bits per heavy atom. The number of benzene rings is 1. The van der Waals surface area contributed by atoms with Crippen molar-refractivity contribution >= 4 is 44.6 Å². The quantitative estimate of drug-likeness (QED) is 0.548. The second kappa shape index (κ2) is 7.29. The van der Waals surface area contributed by atoms with Crippen LogP contribution in [0.1, 0.15) is 16.1 Å². The van der Waals surface area contributed by atoms with Gasteiger partial charge in [-0.3, -0.25) is 9.36 Å². The predicted octanol–water partition coefficient (Wildman–Crippen LogP) is 4.15. The molecule has 28 heavy (non-hydrogen) atoms. The monoisotopic (exact) mass is 410 g/mol. The van der Waals surface area contributed by atoms with Crippen LogP contribution in [0.4, 0.5) is 5.69 Å². The molecule has 142 valence electrons. The minimum atomic E-state index is -0.449. The number of rotatable bonds is 4. The molecule has 1 amide bonds. The highest BCUT2D eigenvalue weighted by molar-refractivity contribution is 7.18. The molecule has 0 unspecified atom stereocenters. The third-order valence-corrected chi connectivity index (χ3v) is 6.06. The molecule has 0 atom stereocenters. The van der Waals surface area contributed by atoms with Crippen molar-refractivity contribution in [2.75, 3.05) is 5.32 Å². The third kappa shape index (κ3) is 3.61. The fourth-order valence-corrected chi connectivity index (χ4v) is 4.79. The highest BCUT2D eigenvalue weighted by Gasteiger charge is 2.18. The van der Waals surface area contributed by atoms with E-state index >= 15 is 0 Å². The van der Waals surface area contributed by atoms with Gasteiger partial charge in [-0.1, -0.05) is 12.1 Å². The molecule has 0 fully saturated rings. The zero-order chi connectivity index (χ0) is 19.8. The van der Waals surface area contributed by atoms with Crippen LogP contribution in [0.2, 0.25) is 0 Å². The maximum Gasteiger partial charge on any atom is 0.349 e. The summed E-state index contributed by atoms with van der Waals surface area (Å²) in [5, 5.41) is 5.63. The Morgan fingerprint density at radius 2 is 1.89 bits per heavy atom. The highest BCUT2D eigenvalue weighted by Crippen LogP contribution is 2.31. The van der Waals surface area contributed by atoms with E-state index in [4.69, 9.17) is 0 Å². The lowest BCUT2D eigenvalue weighted by atomic mass is 10.1. The minimum Gasteiger partial charge on any atom is -0.325 e. The number of aryl methyl sites for hydroxylation is 3. The molecule has 6 nitrogen and oxygen atoms in total. The lowest BCUT2D eigenvalue weighted by Crippen LogP contribution is -2.29. The first-order chi connectivity index (χ1) is 13.4. The number of aromatic nitrogens is 3.